The zero-order valence-corrected chi connectivity index (χ0v) is 17.2. The number of pyridine rings is 2. The number of carboxylic acids is 1. The molecule has 1 aliphatic carbocycles. The molecule has 1 atom stereocenters. The minimum Gasteiger partial charge on any atom is -0.477 e. The van der Waals surface area contributed by atoms with E-state index in [1.54, 1.807) is 4.57 Å². The SMILES string of the molecule is CC1CNCc2sc(-c3nc4c(cc3F)c(=O)c(C(=O)O)cn4C3CC3)cc21.Cl. The van der Waals surface area contributed by atoms with E-state index in [1.165, 1.54) is 28.0 Å². The van der Waals surface area contributed by atoms with Crippen LogP contribution in [0.4, 0.5) is 4.39 Å². The van der Waals surface area contributed by atoms with Crippen LogP contribution in [0.3, 0.4) is 0 Å². The molecule has 2 aliphatic rings. The predicted octanol–water partition coefficient (Wildman–Crippen LogP) is 3.93. The minimum atomic E-state index is -1.31. The van der Waals surface area contributed by atoms with Gasteiger partial charge in [-0.25, -0.2) is 14.2 Å². The van der Waals surface area contributed by atoms with E-state index in [-0.39, 0.29) is 35.1 Å². The Kier molecular flexibility index (Phi) is 4.96. The number of halogens is 2. The molecule has 1 saturated carbocycles. The molecule has 152 valence electrons. The van der Waals surface area contributed by atoms with E-state index in [0.29, 0.717) is 11.6 Å². The van der Waals surface area contributed by atoms with Gasteiger partial charge in [0.25, 0.3) is 0 Å². The van der Waals surface area contributed by atoms with Gasteiger partial charge in [-0.3, -0.25) is 4.79 Å². The van der Waals surface area contributed by atoms with Crippen LogP contribution in [0.2, 0.25) is 0 Å². The average molecular weight is 436 g/mol. The van der Waals surface area contributed by atoms with E-state index in [4.69, 9.17) is 0 Å². The Morgan fingerprint density at radius 1 is 1.38 bits per heavy atom. The van der Waals surface area contributed by atoms with Crippen molar-refractivity contribution >= 4 is 40.7 Å². The molecule has 9 heteroatoms. The molecular formula is C20H19ClFN3O3S. The lowest BCUT2D eigenvalue weighted by Gasteiger charge is -2.19. The summed E-state index contributed by atoms with van der Waals surface area (Å²) in [7, 11) is 0. The quantitative estimate of drug-likeness (QED) is 0.651. The molecule has 0 saturated heterocycles. The monoisotopic (exact) mass is 435 g/mol. The second kappa shape index (κ2) is 7.19. The first kappa shape index (κ1) is 20.0. The Morgan fingerprint density at radius 2 is 2.14 bits per heavy atom. The number of hydrogen-bond acceptors (Lipinski definition) is 5. The van der Waals surface area contributed by atoms with Gasteiger partial charge in [-0.15, -0.1) is 23.7 Å². The number of nitrogens with zero attached hydrogens (tertiary/aromatic N) is 2. The van der Waals surface area contributed by atoms with E-state index in [2.05, 4.69) is 17.2 Å². The maximum Gasteiger partial charge on any atom is 0.341 e. The van der Waals surface area contributed by atoms with Crippen LogP contribution in [0, 0.1) is 5.82 Å². The summed E-state index contributed by atoms with van der Waals surface area (Å²) in [5.41, 5.74) is 0.740. The highest BCUT2D eigenvalue weighted by atomic mass is 35.5. The first-order valence-corrected chi connectivity index (χ1v) is 10.1. The summed E-state index contributed by atoms with van der Waals surface area (Å²) in [4.78, 5) is 30.4. The maximum absolute atomic E-state index is 15.0. The van der Waals surface area contributed by atoms with Gasteiger partial charge in [0.1, 0.15) is 16.9 Å². The fourth-order valence-corrected chi connectivity index (χ4v) is 5.07. The highest BCUT2D eigenvalue weighted by Crippen LogP contribution is 2.39. The summed E-state index contributed by atoms with van der Waals surface area (Å²) >= 11 is 1.51. The van der Waals surface area contributed by atoms with Gasteiger partial charge in [-0.05, 0) is 36.5 Å². The molecular weight excluding hydrogens is 417 g/mol. The molecule has 0 amide bonds. The lowest BCUT2D eigenvalue weighted by molar-refractivity contribution is 0.0695. The summed E-state index contributed by atoms with van der Waals surface area (Å²) in [6.45, 7) is 3.77. The molecule has 0 bridgehead atoms. The van der Waals surface area contributed by atoms with Crippen molar-refractivity contribution in [3.63, 3.8) is 0 Å². The molecule has 1 unspecified atom stereocenters. The molecule has 0 spiro atoms. The van der Waals surface area contributed by atoms with Crippen molar-refractivity contribution in [1.82, 2.24) is 14.9 Å². The van der Waals surface area contributed by atoms with Crippen LogP contribution in [0.15, 0.2) is 23.1 Å². The van der Waals surface area contributed by atoms with Gasteiger partial charge in [0, 0.05) is 30.2 Å². The summed E-state index contributed by atoms with van der Waals surface area (Å²) in [5, 5.41) is 12.7. The Balaban J connectivity index is 0.00000205. The second-order valence-corrected chi connectivity index (χ2v) is 8.66. The number of fused-ring (bicyclic) bond motifs is 2. The lowest BCUT2D eigenvalue weighted by atomic mass is 9.98. The van der Waals surface area contributed by atoms with E-state index >= 15 is 0 Å². The summed E-state index contributed by atoms with van der Waals surface area (Å²) in [6.07, 6.45) is 3.13. The van der Waals surface area contributed by atoms with Crippen LogP contribution < -0.4 is 10.7 Å². The molecule has 1 fully saturated rings. The Bertz CT molecular complexity index is 1200. The molecule has 2 N–H and O–H groups in total. The first-order chi connectivity index (χ1) is 13.4. The number of aromatic nitrogens is 2. The molecule has 29 heavy (non-hydrogen) atoms. The van der Waals surface area contributed by atoms with E-state index in [9.17, 15) is 19.1 Å². The van der Waals surface area contributed by atoms with Crippen molar-refractivity contribution in [1.29, 1.82) is 0 Å². The van der Waals surface area contributed by atoms with E-state index in [0.717, 1.165) is 36.9 Å². The fourth-order valence-electron chi connectivity index (χ4n) is 3.83. The van der Waals surface area contributed by atoms with Gasteiger partial charge in [0.15, 0.2) is 5.82 Å². The average Bonchev–Trinajstić information content (AvgIpc) is 3.40. The van der Waals surface area contributed by atoms with Crippen LogP contribution in [-0.2, 0) is 6.54 Å². The maximum atomic E-state index is 15.0. The molecule has 1 aliphatic heterocycles. The second-order valence-electron chi connectivity index (χ2n) is 7.53. The normalized spacial score (nSPS) is 18.3. The van der Waals surface area contributed by atoms with Crippen molar-refractivity contribution in [3.8, 4) is 10.6 Å². The molecule has 6 nitrogen and oxygen atoms in total. The van der Waals surface area contributed by atoms with Crippen LogP contribution in [0.25, 0.3) is 21.6 Å². The molecule has 4 heterocycles. The van der Waals surface area contributed by atoms with Gasteiger partial charge in [-0.1, -0.05) is 6.92 Å². The molecule has 3 aromatic heterocycles. The highest BCUT2D eigenvalue weighted by Gasteiger charge is 2.29. The van der Waals surface area contributed by atoms with Gasteiger partial charge in [0.05, 0.1) is 10.3 Å². The Hall–Kier alpha value is -2.29. The van der Waals surface area contributed by atoms with Crippen molar-refractivity contribution in [2.75, 3.05) is 6.54 Å². The van der Waals surface area contributed by atoms with Crippen molar-refractivity contribution in [2.45, 2.75) is 38.3 Å². The van der Waals surface area contributed by atoms with Crippen LogP contribution in [0.1, 0.15) is 52.5 Å². The molecule has 5 rings (SSSR count). The third kappa shape index (κ3) is 3.25. The Morgan fingerprint density at radius 3 is 2.79 bits per heavy atom. The standard InChI is InChI=1S/C20H18FN3O3S.ClH/c1-9-6-22-7-16-11(9)5-15(28-16)17-14(21)4-12-18(25)13(20(26)27)8-24(10-2-3-10)19(12)23-17;/h4-5,8-10,22H,2-3,6-7H2,1H3,(H,26,27);1H. The number of rotatable bonds is 3. The molecule has 3 aromatic rings. The van der Waals surface area contributed by atoms with Crippen molar-refractivity contribution in [2.24, 2.45) is 0 Å². The number of thiophene rings is 1. The van der Waals surface area contributed by atoms with Crippen LogP contribution in [0.5, 0.6) is 0 Å². The zero-order valence-electron chi connectivity index (χ0n) is 15.6. The van der Waals surface area contributed by atoms with E-state index < -0.39 is 17.2 Å². The molecule has 0 aromatic carbocycles. The summed E-state index contributed by atoms with van der Waals surface area (Å²) in [5.74, 6) is -1.56. The van der Waals surface area contributed by atoms with Crippen molar-refractivity contribution < 1.29 is 14.3 Å². The third-order valence-corrected chi connectivity index (χ3v) is 6.63. The highest BCUT2D eigenvalue weighted by molar-refractivity contribution is 7.15. The number of carbonyl (C=O) groups is 1. The number of nitrogens with one attached hydrogen (secondary N) is 1. The van der Waals surface area contributed by atoms with Gasteiger partial charge >= 0.3 is 5.97 Å². The molecule has 0 radical (unpaired) electrons. The van der Waals surface area contributed by atoms with Crippen LogP contribution in [-0.4, -0.2) is 27.2 Å². The first-order valence-electron chi connectivity index (χ1n) is 9.26. The lowest BCUT2D eigenvalue weighted by Crippen LogP contribution is -2.24. The summed E-state index contributed by atoms with van der Waals surface area (Å²) in [6, 6.07) is 3.24. The number of carboxylic acid groups (broad SMARTS) is 1. The van der Waals surface area contributed by atoms with Gasteiger partial charge in [0.2, 0.25) is 5.43 Å². The number of aromatic carboxylic acids is 1. The smallest absolute Gasteiger partial charge is 0.341 e. The Labute approximate surface area is 175 Å². The van der Waals surface area contributed by atoms with Crippen LogP contribution >= 0.6 is 23.7 Å². The number of hydrogen-bond donors (Lipinski definition) is 2. The third-order valence-electron chi connectivity index (χ3n) is 5.47. The largest absolute Gasteiger partial charge is 0.477 e. The van der Waals surface area contributed by atoms with Gasteiger partial charge in [-0.2, -0.15) is 0 Å². The van der Waals surface area contributed by atoms with E-state index in [1.807, 2.05) is 6.07 Å². The fraction of sp³-hybridized carbons (Fsp3) is 0.350. The summed E-state index contributed by atoms with van der Waals surface area (Å²) < 4.78 is 16.7. The predicted molar refractivity (Wildman–Crippen MR) is 112 cm³/mol. The minimum absolute atomic E-state index is 0. The van der Waals surface area contributed by atoms with Gasteiger partial charge < -0.3 is 15.0 Å². The van der Waals surface area contributed by atoms with Crippen molar-refractivity contribution in [3.05, 3.63) is 50.4 Å². The topological polar surface area (TPSA) is 84.2 Å². The zero-order chi connectivity index (χ0) is 19.6.